The molecule has 1 aromatic rings. The van der Waals surface area contributed by atoms with Gasteiger partial charge in [-0.2, -0.15) is 0 Å². The van der Waals surface area contributed by atoms with Crippen molar-refractivity contribution in [1.82, 2.24) is 0 Å². The third-order valence-electron chi connectivity index (χ3n) is 5.43. The monoisotopic (exact) mass is 306 g/mol. The summed E-state index contributed by atoms with van der Waals surface area (Å²) in [6.45, 7) is 11.5. The average molecular weight is 307 g/mol. The second-order valence-electron chi connectivity index (χ2n) is 8.13. The van der Waals surface area contributed by atoms with E-state index < -0.39 is 0 Å². The number of hydrogen-bond donors (Lipinski definition) is 0. The SMILES string of the molecule is Cc1ccc(C)c(CC(Cl)C2CCC(C(C)(C)C)CC2)c1. The molecule has 1 fully saturated rings. The Morgan fingerprint density at radius 1 is 1.10 bits per heavy atom. The Morgan fingerprint density at radius 3 is 2.29 bits per heavy atom. The van der Waals surface area contributed by atoms with E-state index >= 15 is 0 Å². The number of aryl methyl sites for hydroxylation is 2. The molecule has 2 rings (SSSR count). The summed E-state index contributed by atoms with van der Waals surface area (Å²) in [7, 11) is 0. The van der Waals surface area contributed by atoms with Crippen molar-refractivity contribution in [2.75, 3.05) is 0 Å². The van der Waals surface area contributed by atoms with E-state index in [9.17, 15) is 0 Å². The van der Waals surface area contributed by atoms with Crippen molar-refractivity contribution in [3.8, 4) is 0 Å². The fourth-order valence-electron chi connectivity index (χ4n) is 3.74. The minimum atomic E-state index is 0.298. The lowest BCUT2D eigenvalue weighted by Gasteiger charge is -2.38. The van der Waals surface area contributed by atoms with Crippen molar-refractivity contribution in [2.24, 2.45) is 17.3 Å². The number of benzene rings is 1. The van der Waals surface area contributed by atoms with Crippen LogP contribution in [0.3, 0.4) is 0 Å². The van der Waals surface area contributed by atoms with Gasteiger partial charge in [0.15, 0.2) is 0 Å². The Morgan fingerprint density at radius 2 is 1.71 bits per heavy atom. The van der Waals surface area contributed by atoms with Crippen LogP contribution < -0.4 is 0 Å². The van der Waals surface area contributed by atoms with Gasteiger partial charge in [-0.3, -0.25) is 0 Å². The van der Waals surface area contributed by atoms with Crippen molar-refractivity contribution >= 4 is 11.6 Å². The number of alkyl halides is 1. The van der Waals surface area contributed by atoms with Gasteiger partial charge in [0, 0.05) is 5.38 Å². The molecule has 0 aromatic heterocycles. The summed E-state index contributed by atoms with van der Waals surface area (Å²) in [4.78, 5) is 0. The summed E-state index contributed by atoms with van der Waals surface area (Å²) < 4.78 is 0. The lowest BCUT2D eigenvalue weighted by molar-refractivity contribution is 0.148. The zero-order valence-corrected chi connectivity index (χ0v) is 15.1. The standard InChI is InChI=1S/C20H31Cl/c1-14-6-7-15(2)17(12-14)13-19(21)16-8-10-18(11-9-16)20(3,4)5/h6-7,12,16,18-19H,8-11,13H2,1-5H3. The van der Waals surface area contributed by atoms with Gasteiger partial charge in [-0.1, -0.05) is 44.5 Å². The number of hydrogen-bond acceptors (Lipinski definition) is 0. The van der Waals surface area contributed by atoms with Crippen LogP contribution in [-0.4, -0.2) is 5.38 Å². The minimum absolute atomic E-state index is 0.298. The van der Waals surface area contributed by atoms with Gasteiger partial charge < -0.3 is 0 Å². The zero-order valence-electron chi connectivity index (χ0n) is 14.4. The highest BCUT2D eigenvalue weighted by atomic mass is 35.5. The van der Waals surface area contributed by atoms with Crippen LogP contribution in [0.5, 0.6) is 0 Å². The van der Waals surface area contributed by atoms with Crippen LogP contribution in [0.1, 0.15) is 63.1 Å². The topological polar surface area (TPSA) is 0 Å². The minimum Gasteiger partial charge on any atom is -0.122 e. The van der Waals surface area contributed by atoms with Gasteiger partial charge in [-0.25, -0.2) is 0 Å². The summed E-state index contributed by atoms with van der Waals surface area (Å²) >= 11 is 6.78. The van der Waals surface area contributed by atoms with Crippen molar-refractivity contribution in [2.45, 2.75) is 72.1 Å². The fourth-order valence-corrected chi connectivity index (χ4v) is 4.16. The van der Waals surface area contributed by atoms with Crippen LogP contribution >= 0.6 is 11.6 Å². The molecule has 1 atom stereocenters. The molecule has 21 heavy (non-hydrogen) atoms. The molecular weight excluding hydrogens is 276 g/mol. The van der Waals surface area contributed by atoms with E-state index in [4.69, 9.17) is 11.6 Å². The molecule has 0 bridgehead atoms. The first-order valence-electron chi connectivity index (χ1n) is 8.47. The second kappa shape index (κ2) is 6.73. The van der Waals surface area contributed by atoms with Gasteiger partial charge >= 0.3 is 0 Å². The Kier molecular flexibility index (Phi) is 5.41. The molecule has 1 unspecified atom stereocenters. The summed E-state index contributed by atoms with van der Waals surface area (Å²) in [5, 5.41) is 0.298. The maximum absolute atomic E-state index is 6.78. The fraction of sp³-hybridized carbons (Fsp3) is 0.700. The molecule has 1 saturated carbocycles. The van der Waals surface area contributed by atoms with Gasteiger partial charge in [0.1, 0.15) is 0 Å². The van der Waals surface area contributed by atoms with Crippen LogP contribution in [0.15, 0.2) is 18.2 Å². The summed E-state index contributed by atoms with van der Waals surface area (Å²) in [5.41, 5.74) is 4.62. The molecule has 0 spiro atoms. The van der Waals surface area contributed by atoms with Crippen LogP contribution in [-0.2, 0) is 6.42 Å². The van der Waals surface area contributed by atoms with E-state index in [1.54, 1.807) is 0 Å². The predicted molar refractivity (Wildman–Crippen MR) is 94.2 cm³/mol. The summed E-state index contributed by atoms with van der Waals surface area (Å²) in [6.07, 6.45) is 6.34. The molecule has 0 heterocycles. The van der Waals surface area contributed by atoms with E-state index in [0.29, 0.717) is 16.7 Å². The molecule has 1 aliphatic carbocycles. The van der Waals surface area contributed by atoms with Crippen LogP contribution in [0, 0.1) is 31.1 Å². The molecule has 0 amide bonds. The van der Waals surface area contributed by atoms with Gasteiger partial charge in [0.05, 0.1) is 0 Å². The highest BCUT2D eigenvalue weighted by Gasteiger charge is 2.32. The van der Waals surface area contributed by atoms with Crippen LogP contribution in [0.2, 0.25) is 0 Å². The molecule has 0 nitrogen and oxygen atoms in total. The zero-order chi connectivity index (χ0) is 15.6. The van der Waals surface area contributed by atoms with Gasteiger partial charge in [-0.05, 0) is 74.3 Å². The van der Waals surface area contributed by atoms with Crippen molar-refractivity contribution in [1.29, 1.82) is 0 Å². The Labute approximate surface area is 136 Å². The third kappa shape index (κ3) is 4.49. The maximum atomic E-state index is 6.78. The van der Waals surface area contributed by atoms with Crippen molar-refractivity contribution < 1.29 is 0 Å². The lowest BCUT2D eigenvalue weighted by atomic mass is 9.69. The van der Waals surface area contributed by atoms with Gasteiger partial charge in [-0.15, -0.1) is 11.6 Å². The lowest BCUT2D eigenvalue weighted by Crippen LogP contribution is -2.29. The first kappa shape index (κ1) is 16.9. The molecule has 0 aliphatic heterocycles. The molecule has 1 aliphatic rings. The van der Waals surface area contributed by atoms with E-state index in [2.05, 4.69) is 52.8 Å². The predicted octanol–water partition coefficient (Wildman–Crippen LogP) is 6.31. The molecule has 1 aromatic carbocycles. The third-order valence-corrected chi connectivity index (χ3v) is 5.94. The van der Waals surface area contributed by atoms with E-state index in [1.807, 2.05) is 0 Å². The van der Waals surface area contributed by atoms with E-state index in [1.165, 1.54) is 42.4 Å². The Balaban J connectivity index is 1.93. The normalized spacial score (nSPS) is 24.9. The highest BCUT2D eigenvalue weighted by Crippen LogP contribution is 2.42. The number of halogens is 1. The smallest absolute Gasteiger partial charge is 0.0404 e. The molecule has 118 valence electrons. The summed E-state index contributed by atoms with van der Waals surface area (Å²) in [5.74, 6) is 1.57. The quantitative estimate of drug-likeness (QED) is 0.574. The Hall–Kier alpha value is -0.490. The maximum Gasteiger partial charge on any atom is 0.0404 e. The molecule has 0 N–H and O–H groups in total. The summed E-state index contributed by atoms with van der Waals surface area (Å²) in [6, 6.07) is 6.73. The van der Waals surface area contributed by atoms with Crippen LogP contribution in [0.25, 0.3) is 0 Å². The first-order chi connectivity index (χ1) is 9.77. The first-order valence-corrected chi connectivity index (χ1v) is 8.91. The molecular formula is C20H31Cl. The average Bonchev–Trinajstić information content (AvgIpc) is 2.42. The number of rotatable bonds is 3. The molecule has 0 radical (unpaired) electrons. The van der Waals surface area contributed by atoms with Gasteiger partial charge in [0.2, 0.25) is 0 Å². The largest absolute Gasteiger partial charge is 0.122 e. The van der Waals surface area contributed by atoms with E-state index in [-0.39, 0.29) is 0 Å². The molecule has 1 heteroatoms. The molecule has 0 saturated heterocycles. The Bertz CT molecular complexity index is 461. The van der Waals surface area contributed by atoms with E-state index in [0.717, 1.165) is 12.3 Å². The second-order valence-corrected chi connectivity index (χ2v) is 8.69. The van der Waals surface area contributed by atoms with Gasteiger partial charge in [0.25, 0.3) is 0 Å². The van der Waals surface area contributed by atoms with Crippen molar-refractivity contribution in [3.05, 3.63) is 34.9 Å². The highest BCUT2D eigenvalue weighted by molar-refractivity contribution is 6.20. The van der Waals surface area contributed by atoms with Crippen molar-refractivity contribution in [3.63, 3.8) is 0 Å². The van der Waals surface area contributed by atoms with Crippen LogP contribution in [0.4, 0.5) is 0 Å².